The minimum Gasteiger partial charge on any atom is -0.396 e. The van der Waals surface area contributed by atoms with Gasteiger partial charge in [0.25, 0.3) is 0 Å². The molecule has 0 aliphatic carbocycles. The molecule has 4 rings (SSSR count). The molecule has 3 aromatic rings. The van der Waals surface area contributed by atoms with E-state index in [-0.39, 0.29) is 12.0 Å². The molecule has 1 aliphatic rings. The van der Waals surface area contributed by atoms with Crippen molar-refractivity contribution in [1.82, 2.24) is 5.32 Å². The van der Waals surface area contributed by atoms with Crippen molar-refractivity contribution in [2.24, 2.45) is 5.41 Å². The molecule has 0 radical (unpaired) electrons. The Morgan fingerprint density at radius 3 is 2.09 bits per heavy atom. The highest BCUT2D eigenvalue weighted by Crippen LogP contribution is 2.29. The lowest BCUT2D eigenvalue weighted by Crippen LogP contribution is -2.52. The highest BCUT2D eigenvalue weighted by atomic mass is 16.5. The number of hydrogen-bond acceptors (Lipinski definition) is 3. The number of benzene rings is 3. The molecule has 1 saturated heterocycles. The summed E-state index contributed by atoms with van der Waals surface area (Å²) in [6.45, 7) is 3.04. The predicted octanol–water partition coefficient (Wildman–Crippen LogP) is 3.09. The highest BCUT2D eigenvalue weighted by Gasteiger charge is 2.37. The lowest BCUT2D eigenvalue weighted by atomic mass is 9.87. The third kappa shape index (κ3) is 2.61. The minimum atomic E-state index is -0.0968. The molecule has 0 bridgehead atoms. The van der Waals surface area contributed by atoms with Crippen molar-refractivity contribution in [3.8, 4) is 0 Å². The average Bonchev–Trinajstić information content (AvgIpc) is 2.56. The minimum absolute atomic E-state index is 0.0968. The summed E-state index contributed by atoms with van der Waals surface area (Å²) >= 11 is 0. The smallest absolute Gasteiger partial charge is 0.0579 e. The second kappa shape index (κ2) is 5.93. The van der Waals surface area contributed by atoms with E-state index in [2.05, 4.69) is 59.9 Å². The fourth-order valence-electron chi connectivity index (χ4n) is 3.39. The van der Waals surface area contributed by atoms with Crippen LogP contribution in [0.15, 0.2) is 54.6 Å². The zero-order valence-corrected chi connectivity index (χ0v) is 13.1. The van der Waals surface area contributed by atoms with Gasteiger partial charge in [0, 0.05) is 13.1 Å². The Labute approximate surface area is 135 Å². The molecule has 0 amide bonds. The van der Waals surface area contributed by atoms with Gasteiger partial charge in [-0.15, -0.1) is 0 Å². The molecule has 1 heterocycles. The largest absolute Gasteiger partial charge is 0.396 e. The van der Waals surface area contributed by atoms with Crippen LogP contribution in [0.3, 0.4) is 0 Å². The van der Waals surface area contributed by atoms with Crippen molar-refractivity contribution in [3.63, 3.8) is 0 Å². The van der Waals surface area contributed by atoms with Crippen LogP contribution >= 0.6 is 0 Å². The SMILES string of the molecule is OCC1(CNCc2c3ccccc3cc3ccccc23)COC1. The van der Waals surface area contributed by atoms with Crippen LogP contribution in [0.4, 0.5) is 0 Å². The Morgan fingerprint density at radius 2 is 1.57 bits per heavy atom. The Bertz CT molecular complexity index is 780. The molecular formula is C20H21NO2. The van der Waals surface area contributed by atoms with E-state index < -0.39 is 0 Å². The maximum atomic E-state index is 9.56. The number of rotatable bonds is 5. The maximum Gasteiger partial charge on any atom is 0.0579 e. The zero-order valence-electron chi connectivity index (χ0n) is 13.1. The third-order valence-electron chi connectivity index (χ3n) is 4.84. The molecule has 3 heteroatoms. The van der Waals surface area contributed by atoms with Gasteiger partial charge in [0.05, 0.1) is 25.2 Å². The molecule has 3 nitrogen and oxygen atoms in total. The molecule has 23 heavy (non-hydrogen) atoms. The van der Waals surface area contributed by atoms with E-state index in [1.54, 1.807) is 0 Å². The summed E-state index contributed by atoms with van der Waals surface area (Å²) in [5.74, 6) is 0. The number of nitrogens with one attached hydrogen (secondary N) is 1. The Hall–Kier alpha value is -1.94. The van der Waals surface area contributed by atoms with Gasteiger partial charge >= 0.3 is 0 Å². The molecule has 1 aliphatic heterocycles. The van der Waals surface area contributed by atoms with Gasteiger partial charge in [-0.2, -0.15) is 0 Å². The molecule has 1 fully saturated rings. The molecule has 0 spiro atoms. The number of fused-ring (bicyclic) bond motifs is 2. The van der Waals surface area contributed by atoms with Crippen molar-refractivity contribution in [3.05, 3.63) is 60.2 Å². The normalized spacial score (nSPS) is 16.6. The van der Waals surface area contributed by atoms with Crippen LogP contribution in [0.1, 0.15) is 5.56 Å². The van der Waals surface area contributed by atoms with E-state index >= 15 is 0 Å². The third-order valence-corrected chi connectivity index (χ3v) is 4.84. The Balaban J connectivity index is 1.68. The summed E-state index contributed by atoms with van der Waals surface area (Å²) in [6.07, 6.45) is 0. The van der Waals surface area contributed by atoms with Gasteiger partial charge < -0.3 is 15.2 Å². The second-order valence-electron chi connectivity index (χ2n) is 6.55. The first-order chi connectivity index (χ1) is 11.3. The first-order valence-electron chi connectivity index (χ1n) is 8.10. The summed E-state index contributed by atoms with van der Waals surface area (Å²) in [7, 11) is 0. The zero-order chi connectivity index (χ0) is 15.7. The number of hydrogen-bond donors (Lipinski definition) is 2. The summed E-state index contributed by atoms with van der Waals surface area (Å²) < 4.78 is 5.27. The van der Waals surface area contributed by atoms with Crippen molar-refractivity contribution in [1.29, 1.82) is 0 Å². The van der Waals surface area contributed by atoms with Gasteiger partial charge in [-0.1, -0.05) is 48.5 Å². The first kappa shape index (κ1) is 14.6. The van der Waals surface area contributed by atoms with Gasteiger partial charge in [-0.25, -0.2) is 0 Å². The van der Waals surface area contributed by atoms with Crippen molar-refractivity contribution in [2.45, 2.75) is 6.54 Å². The lowest BCUT2D eigenvalue weighted by Gasteiger charge is -2.40. The standard InChI is InChI=1S/C20H21NO2/c22-12-20(13-23-14-20)11-21-10-19-17-7-3-1-5-15(17)9-16-6-2-4-8-18(16)19/h1-9,21-22H,10-14H2. The molecule has 118 valence electrons. The van der Waals surface area contributed by atoms with Crippen LogP contribution in [-0.2, 0) is 11.3 Å². The average molecular weight is 307 g/mol. The topological polar surface area (TPSA) is 41.5 Å². The van der Waals surface area contributed by atoms with E-state index in [1.165, 1.54) is 27.1 Å². The first-order valence-corrected chi connectivity index (χ1v) is 8.10. The summed E-state index contributed by atoms with van der Waals surface area (Å²) in [6, 6.07) is 19.3. The van der Waals surface area contributed by atoms with Crippen LogP contribution in [-0.4, -0.2) is 31.5 Å². The van der Waals surface area contributed by atoms with Crippen molar-refractivity contribution >= 4 is 21.5 Å². The van der Waals surface area contributed by atoms with E-state index in [4.69, 9.17) is 4.74 Å². The molecule has 0 saturated carbocycles. The monoisotopic (exact) mass is 307 g/mol. The van der Waals surface area contributed by atoms with Crippen LogP contribution in [0, 0.1) is 5.41 Å². The van der Waals surface area contributed by atoms with Gasteiger partial charge in [0.15, 0.2) is 0 Å². The summed E-state index contributed by atoms with van der Waals surface area (Å²) in [5, 5.41) is 18.2. The van der Waals surface area contributed by atoms with Crippen LogP contribution in [0.2, 0.25) is 0 Å². The van der Waals surface area contributed by atoms with Crippen molar-refractivity contribution < 1.29 is 9.84 Å². The van der Waals surface area contributed by atoms with E-state index in [0.29, 0.717) is 13.2 Å². The van der Waals surface area contributed by atoms with E-state index in [1.807, 2.05) is 0 Å². The van der Waals surface area contributed by atoms with Crippen LogP contribution in [0.25, 0.3) is 21.5 Å². The number of aliphatic hydroxyl groups is 1. The molecule has 0 unspecified atom stereocenters. The highest BCUT2D eigenvalue weighted by molar-refractivity contribution is 6.02. The van der Waals surface area contributed by atoms with Gasteiger partial charge in [-0.3, -0.25) is 0 Å². The summed E-state index contributed by atoms with van der Waals surface area (Å²) in [5.41, 5.74) is 1.23. The molecule has 2 N–H and O–H groups in total. The molecule has 0 aromatic heterocycles. The fourth-order valence-corrected chi connectivity index (χ4v) is 3.39. The second-order valence-corrected chi connectivity index (χ2v) is 6.55. The number of ether oxygens (including phenoxy) is 1. The summed E-state index contributed by atoms with van der Waals surface area (Å²) in [4.78, 5) is 0. The van der Waals surface area contributed by atoms with E-state index in [9.17, 15) is 5.11 Å². The van der Waals surface area contributed by atoms with Crippen LogP contribution < -0.4 is 5.32 Å². The Kier molecular flexibility index (Phi) is 3.77. The fraction of sp³-hybridized carbons (Fsp3) is 0.300. The predicted molar refractivity (Wildman–Crippen MR) is 93.5 cm³/mol. The van der Waals surface area contributed by atoms with E-state index in [0.717, 1.165) is 13.1 Å². The van der Waals surface area contributed by atoms with Gasteiger partial charge in [-0.05, 0) is 33.2 Å². The maximum absolute atomic E-state index is 9.56. The quantitative estimate of drug-likeness (QED) is 0.712. The Morgan fingerprint density at radius 1 is 0.957 bits per heavy atom. The molecular weight excluding hydrogens is 286 g/mol. The van der Waals surface area contributed by atoms with Crippen LogP contribution in [0.5, 0.6) is 0 Å². The lowest BCUT2D eigenvalue weighted by molar-refractivity contribution is -0.134. The van der Waals surface area contributed by atoms with Gasteiger partial charge in [0.1, 0.15) is 0 Å². The number of aliphatic hydroxyl groups excluding tert-OH is 1. The molecule has 0 atom stereocenters. The van der Waals surface area contributed by atoms with Gasteiger partial charge in [0.2, 0.25) is 0 Å². The van der Waals surface area contributed by atoms with Crippen molar-refractivity contribution in [2.75, 3.05) is 26.4 Å². The molecule has 3 aromatic carbocycles.